The SMILES string of the molecule is CCOC(=O)c1[nH]c(C/C(=C/Nc2ccccc2F)N=N)nc1-c1ccc(Cl)cc1. The molecule has 1 heterocycles. The first-order chi connectivity index (χ1) is 14.5. The number of nitrogens with zero attached hydrogens (tertiary/aromatic N) is 2. The van der Waals surface area contributed by atoms with E-state index in [1.807, 2.05) is 0 Å². The zero-order valence-electron chi connectivity index (χ0n) is 16.1. The van der Waals surface area contributed by atoms with Crippen molar-refractivity contribution in [2.45, 2.75) is 13.3 Å². The Labute approximate surface area is 177 Å². The molecule has 0 atom stereocenters. The summed E-state index contributed by atoms with van der Waals surface area (Å²) in [4.78, 5) is 19.8. The number of aromatic amines is 1. The molecule has 0 radical (unpaired) electrons. The van der Waals surface area contributed by atoms with Crippen LogP contribution in [0.5, 0.6) is 0 Å². The second-order valence-electron chi connectivity index (χ2n) is 6.18. The summed E-state index contributed by atoms with van der Waals surface area (Å²) in [6, 6.07) is 13.0. The Bertz CT molecular complexity index is 1080. The Hall–Kier alpha value is -3.52. The predicted octanol–water partition coefficient (Wildman–Crippen LogP) is 5.57. The summed E-state index contributed by atoms with van der Waals surface area (Å²) in [6.45, 7) is 1.93. The number of ether oxygens (including phenoxy) is 1. The van der Waals surface area contributed by atoms with Crippen LogP contribution in [0.15, 0.2) is 65.5 Å². The number of rotatable bonds is 8. The Balaban J connectivity index is 1.89. The molecule has 0 aliphatic rings. The number of hydrogen-bond donors (Lipinski definition) is 3. The lowest BCUT2D eigenvalue weighted by Crippen LogP contribution is -2.07. The average Bonchev–Trinajstić information content (AvgIpc) is 3.17. The number of esters is 1. The normalized spacial score (nSPS) is 11.2. The maximum Gasteiger partial charge on any atom is 0.357 e. The summed E-state index contributed by atoms with van der Waals surface area (Å²) in [6.07, 6.45) is 1.53. The smallest absolute Gasteiger partial charge is 0.357 e. The number of para-hydroxylation sites is 1. The first kappa shape index (κ1) is 21.2. The minimum absolute atomic E-state index is 0.116. The van der Waals surface area contributed by atoms with Gasteiger partial charge in [-0.1, -0.05) is 35.9 Å². The third kappa shape index (κ3) is 5.09. The highest BCUT2D eigenvalue weighted by molar-refractivity contribution is 6.30. The molecule has 0 saturated heterocycles. The molecule has 3 N–H and O–H groups in total. The largest absolute Gasteiger partial charge is 0.461 e. The molecular formula is C21H19ClFN5O2. The number of aromatic nitrogens is 2. The number of benzene rings is 2. The highest BCUT2D eigenvalue weighted by Crippen LogP contribution is 2.25. The van der Waals surface area contributed by atoms with Gasteiger partial charge in [0.15, 0.2) is 5.69 Å². The van der Waals surface area contributed by atoms with Crippen LogP contribution < -0.4 is 5.32 Å². The second-order valence-corrected chi connectivity index (χ2v) is 6.62. The quantitative estimate of drug-likeness (QED) is 0.323. The van der Waals surface area contributed by atoms with Gasteiger partial charge in [0.25, 0.3) is 0 Å². The zero-order chi connectivity index (χ0) is 21.5. The lowest BCUT2D eigenvalue weighted by atomic mass is 10.1. The summed E-state index contributed by atoms with van der Waals surface area (Å²) >= 11 is 5.95. The molecule has 0 saturated carbocycles. The number of carbonyl (C=O) groups excluding carboxylic acids is 1. The number of carbonyl (C=O) groups is 1. The van der Waals surface area contributed by atoms with Crippen LogP contribution in [0.1, 0.15) is 23.2 Å². The van der Waals surface area contributed by atoms with Gasteiger partial charge in [-0.05, 0) is 31.2 Å². The monoisotopic (exact) mass is 427 g/mol. The number of anilines is 1. The summed E-state index contributed by atoms with van der Waals surface area (Å²) in [7, 11) is 0. The third-order valence-electron chi connectivity index (χ3n) is 4.11. The molecule has 30 heavy (non-hydrogen) atoms. The van der Waals surface area contributed by atoms with Crippen LogP contribution >= 0.6 is 11.6 Å². The van der Waals surface area contributed by atoms with Gasteiger partial charge in [0.05, 0.1) is 24.4 Å². The van der Waals surface area contributed by atoms with E-state index in [1.165, 1.54) is 12.3 Å². The van der Waals surface area contributed by atoms with E-state index in [-0.39, 0.29) is 30.1 Å². The van der Waals surface area contributed by atoms with Crippen molar-refractivity contribution in [3.05, 3.63) is 82.8 Å². The van der Waals surface area contributed by atoms with Crippen LogP contribution in [-0.4, -0.2) is 22.5 Å². The van der Waals surface area contributed by atoms with Crippen LogP contribution in [0.3, 0.4) is 0 Å². The number of imidazole rings is 1. The fourth-order valence-corrected chi connectivity index (χ4v) is 2.83. The van der Waals surface area contributed by atoms with Gasteiger partial charge < -0.3 is 15.0 Å². The van der Waals surface area contributed by atoms with Crippen LogP contribution in [-0.2, 0) is 11.2 Å². The van der Waals surface area contributed by atoms with Gasteiger partial charge in [0.1, 0.15) is 17.3 Å². The third-order valence-corrected chi connectivity index (χ3v) is 4.36. The molecule has 0 aliphatic carbocycles. The van der Waals surface area contributed by atoms with Gasteiger partial charge in [-0.25, -0.2) is 19.7 Å². The van der Waals surface area contributed by atoms with Crippen LogP contribution in [0, 0.1) is 11.3 Å². The second kappa shape index (κ2) is 9.80. The summed E-state index contributed by atoms with van der Waals surface area (Å²) < 4.78 is 18.9. The first-order valence-electron chi connectivity index (χ1n) is 9.11. The topological polar surface area (TPSA) is 103 Å². The number of halogens is 2. The molecule has 7 nitrogen and oxygen atoms in total. The van der Waals surface area contributed by atoms with E-state index >= 15 is 0 Å². The van der Waals surface area contributed by atoms with E-state index in [4.69, 9.17) is 21.9 Å². The fraction of sp³-hybridized carbons (Fsp3) is 0.143. The maximum absolute atomic E-state index is 13.8. The van der Waals surface area contributed by atoms with Crippen molar-refractivity contribution in [2.75, 3.05) is 11.9 Å². The minimum Gasteiger partial charge on any atom is -0.461 e. The van der Waals surface area contributed by atoms with E-state index in [0.29, 0.717) is 22.1 Å². The Morgan fingerprint density at radius 3 is 2.70 bits per heavy atom. The molecule has 0 unspecified atom stereocenters. The van der Waals surface area contributed by atoms with Gasteiger partial charge in [-0.15, -0.1) is 0 Å². The molecule has 0 amide bonds. The van der Waals surface area contributed by atoms with E-state index < -0.39 is 11.8 Å². The van der Waals surface area contributed by atoms with E-state index in [0.717, 1.165) is 0 Å². The van der Waals surface area contributed by atoms with Crippen molar-refractivity contribution in [3.8, 4) is 11.3 Å². The van der Waals surface area contributed by atoms with Crippen LogP contribution in [0.25, 0.3) is 11.3 Å². The highest BCUT2D eigenvalue weighted by atomic mass is 35.5. The Morgan fingerprint density at radius 1 is 1.30 bits per heavy atom. The zero-order valence-corrected chi connectivity index (χ0v) is 16.8. The van der Waals surface area contributed by atoms with Crippen LogP contribution in [0.4, 0.5) is 10.1 Å². The number of nitrogens with one attached hydrogen (secondary N) is 3. The Kier molecular flexibility index (Phi) is 6.92. The van der Waals surface area contributed by atoms with Crippen molar-refractivity contribution in [1.29, 1.82) is 5.53 Å². The number of H-pyrrole nitrogens is 1. The van der Waals surface area contributed by atoms with Crippen molar-refractivity contribution >= 4 is 23.3 Å². The molecule has 0 aliphatic heterocycles. The van der Waals surface area contributed by atoms with Crippen molar-refractivity contribution in [3.63, 3.8) is 0 Å². The van der Waals surface area contributed by atoms with Crippen LogP contribution in [0.2, 0.25) is 5.02 Å². The highest BCUT2D eigenvalue weighted by Gasteiger charge is 2.20. The molecule has 154 valence electrons. The van der Waals surface area contributed by atoms with Gasteiger partial charge in [-0.2, -0.15) is 5.11 Å². The lowest BCUT2D eigenvalue weighted by molar-refractivity contribution is 0.0521. The fourth-order valence-electron chi connectivity index (χ4n) is 2.71. The Morgan fingerprint density at radius 2 is 2.03 bits per heavy atom. The lowest BCUT2D eigenvalue weighted by Gasteiger charge is -2.03. The standard InChI is InChI=1S/C21H19ClFN5O2/c1-2-30-21(29)20-19(13-7-9-14(22)10-8-13)26-18(27-20)11-15(28-24)12-25-17-6-4-3-5-16(17)23/h3-10,12,24-25H,2,11H2,1H3,(H,26,27)/b15-12-,28-24?. The summed E-state index contributed by atoms with van der Waals surface area (Å²) in [5.41, 5.74) is 9.23. The van der Waals surface area contributed by atoms with E-state index in [1.54, 1.807) is 49.4 Å². The molecule has 1 aromatic heterocycles. The van der Waals surface area contributed by atoms with Gasteiger partial charge in [0.2, 0.25) is 0 Å². The maximum atomic E-state index is 13.8. The molecule has 3 aromatic rings. The summed E-state index contributed by atoms with van der Waals surface area (Å²) in [5.74, 6) is -0.565. The number of allylic oxidation sites excluding steroid dienone is 1. The minimum atomic E-state index is -0.543. The molecule has 0 bridgehead atoms. The van der Waals surface area contributed by atoms with Crippen molar-refractivity contribution < 1.29 is 13.9 Å². The van der Waals surface area contributed by atoms with E-state index in [9.17, 15) is 9.18 Å². The van der Waals surface area contributed by atoms with Gasteiger partial charge >= 0.3 is 5.97 Å². The van der Waals surface area contributed by atoms with E-state index in [2.05, 4.69) is 20.4 Å². The first-order valence-corrected chi connectivity index (χ1v) is 9.49. The molecule has 0 fully saturated rings. The van der Waals surface area contributed by atoms with Crippen molar-refractivity contribution in [1.82, 2.24) is 9.97 Å². The predicted molar refractivity (Wildman–Crippen MR) is 112 cm³/mol. The average molecular weight is 428 g/mol. The molecule has 0 spiro atoms. The molecule has 9 heteroatoms. The molecule has 3 rings (SSSR count). The van der Waals surface area contributed by atoms with Crippen molar-refractivity contribution in [2.24, 2.45) is 5.11 Å². The van der Waals surface area contributed by atoms with Gasteiger partial charge in [-0.3, -0.25) is 0 Å². The molecule has 2 aromatic carbocycles. The molecular weight excluding hydrogens is 409 g/mol. The van der Waals surface area contributed by atoms with Gasteiger partial charge in [0, 0.05) is 16.8 Å². The summed E-state index contributed by atoms with van der Waals surface area (Å²) in [5, 5.41) is 6.81. The number of hydrogen-bond acceptors (Lipinski definition) is 6.